The lowest BCUT2D eigenvalue weighted by molar-refractivity contribution is -0.855. The molecule has 0 saturated carbocycles. The number of benzene rings is 1. The van der Waals surface area contributed by atoms with E-state index >= 15 is 0 Å². The molecule has 1 aromatic carbocycles. The number of hydrogen-bond acceptors (Lipinski definition) is 8. The largest absolute Gasteiger partial charge is 0.297 e. The van der Waals surface area contributed by atoms with Gasteiger partial charge in [0.05, 0.1) is 4.92 Å². The maximum atomic E-state index is 10.4. The molecule has 0 spiro atoms. The van der Waals surface area contributed by atoms with Crippen LogP contribution in [0, 0.1) is 30.3 Å². The predicted molar refractivity (Wildman–Crippen MR) is 52.0 cm³/mol. The van der Waals surface area contributed by atoms with Crippen LogP contribution in [0.25, 0.3) is 0 Å². The highest BCUT2D eigenvalue weighted by Crippen LogP contribution is 2.21. The maximum Gasteiger partial charge on any atom is 0.297 e. The van der Waals surface area contributed by atoms with Crippen LogP contribution in [0.1, 0.15) is 11.9 Å². The van der Waals surface area contributed by atoms with E-state index < -0.39 is 21.4 Å². The zero-order valence-electron chi connectivity index (χ0n) is 8.49. The first kappa shape index (κ1) is 13.1. The highest BCUT2D eigenvalue weighted by atomic mass is 17.0. The fourth-order valence-electron chi connectivity index (χ4n) is 1.05. The van der Waals surface area contributed by atoms with Crippen LogP contribution in [-0.2, 0) is 9.68 Å². The lowest BCUT2D eigenvalue weighted by atomic mass is 10.2. The molecule has 96 valence electrons. The summed E-state index contributed by atoms with van der Waals surface area (Å²) in [5.41, 5.74) is -0.381. The van der Waals surface area contributed by atoms with Crippen molar-refractivity contribution < 1.29 is 24.8 Å². The summed E-state index contributed by atoms with van der Waals surface area (Å²) in [6, 6.07) is 4.12. The molecule has 18 heavy (non-hydrogen) atoms. The Morgan fingerprint density at radius 2 is 1.33 bits per heavy atom. The number of nitro groups is 1. The molecule has 0 fully saturated rings. The van der Waals surface area contributed by atoms with Crippen LogP contribution in [0.4, 0.5) is 5.69 Å². The van der Waals surface area contributed by atoms with E-state index in [2.05, 4.69) is 9.68 Å². The van der Waals surface area contributed by atoms with E-state index in [1.165, 1.54) is 0 Å². The average Bonchev–Trinajstić information content (AvgIpc) is 2.27. The van der Waals surface area contributed by atoms with Gasteiger partial charge in [0.1, 0.15) is 0 Å². The summed E-state index contributed by atoms with van der Waals surface area (Å²) in [5, 5.41) is 28.1. The molecule has 0 aromatic heterocycles. The topological polar surface area (TPSA) is 148 Å². The van der Waals surface area contributed by atoms with Gasteiger partial charge in [0, 0.05) is 17.7 Å². The van der Waals surface area contributed by atoms with Gasteiger partial charge >= 0.3 is 0 Å². The molecule has 0 aliphatic rings. The molecular weight excluding hydrogens is 254 g/mol. The highest BCUT2D eigenvalue weighted by molar-refractivity contribution is 5.33. The maximum absolute atomic E-state index is 10.4. The molecule has 11 nitrogen and oxygen atoms in total. The summed E-state index contributed by atoms with van der Waals surface area (Å²) in [4.78, 5) is 37.8. The Balaban J connectivity index is 2.93. The Morgan fingerprint density at radius 3 is 1.67 bits per heavy atom. The molecular formula is C7H5N3O8. The normalized spacial score (nSPS) is 9.83. The zero-order chi connectivity index (χ0) is 13.7. The van der Waals surface area contributed by atoms with Crippen LogP contribution >= 0.6 is 0 Å². The second kappa shape index (κ2) is 5.38. The Hall–Kier alpha value is -2.98. The number of nitrogens with zero attached hydrogens (tertiary/aromatic N) is 3. The molecule has 11 heteroatoms. The van der Waals surface area contributed by atoms with Crippen molar-refractivity contribution in [2.45, 2.75) is 6.29 Å². The van der Waals surface area contributed by atoms with E-state index in [0.717, 1.165) is 24.3 Å². The molecule has 0 aliphatic heterocycles. The van der Waals surface area contributed by atoms with Gasteiger partial charge in [-0.1, -0.05) is 0 Å². The van der Waals surface area contributed by atoms with Crippen molar-refractivity contribution in [1.82, 2.24) is 0 Å². The van der Waals surface area contributed by atoms with Gasteiger partial charge in [-0.3, -0.25) is 19.8 Å². The Labute approximate surface area is 97.9 Å². The minimum absolute atomic E-state index is 0.103. The fraction of sp³-hybridized carbons (Fsp3) is 0.143. The summed E-state index contributed by atoms with van der Waals surface area (Å²) < 4.78 is 0. The Bertz CT molecular complexity index is 456. The molecule has 0 amide bonds. The van der Waals surface area contributed by atoms with E-state index in [-0.39, 0.29) is 11.3 Å². The molecule has 0 atom stereocenters. The Kier molecular flexibility index (Phi) is 3.91. The third-order valence-electron chi connectivity index (χ3n) is 1.74. The predicted octanol–water partition coefficient (Wildman–Crippen LogP) is 1.01. The van der Waals surface area contributed by atoms with Crippen molar-refractivity contribution in [2.75, 3.05) is 0 Å². The lowest BCUT2D eigenvalue weighted by Crippen LogP contribution is -2.16. The van der Waals surface area contributed by atoms with Crippen LogP contribution in [0.5, 0.6) is 0 Å². The number of non-ortho nitro benzene ring substituents is 1. The fourth-order valence-corrected chi connectivity index (χ4v) is 1.05. The number of hydrogen-bond donors (Lipinski definition) is 0. The van der Waals surface area contributed by atoms with Crippen LogP contribution in [0.3, 0.4) is 0 Å². The second-order valence-corrected chi connectivity index (χ2v) is 2.84. The van der Waals surface area contributed by atoms with E-state index in [4.69, 9.17) is 0 Å². The van der Waals surface area contributed by atoms with Crippen molar-refractivity contribution >= 4 is 5.69 Å². The van der Waals surface area contributed by atoms with Gasteiger partial charge in [0.15, 0.2) is 0 Å². The van der Waals surface area contributed by atoms with Gasteiger partial charge in [-0.05, 0) is 12.1 Å². The van der Waals surface area contributed by atoms with E-state index in [1.54, 1.807) is 0 Å². The van der Waals surface area contributed by atoms with Gasteiger partial charge in [-0.15, -0.1) is 20.2 Å². The first-order chi connectivity index (χ1) is 8.40. The monoisotopic (exact) mass is 259 g/mol. The standard InChI is InChI=1S/C7H5N3O8/c11-8(12)6-3-1-5(2-4-6)7(17-9(13)14)18-10(15)16/h1-4,7H. The van der Waals surface area contributed by atoms with Gasteiger partial charge in [0.2, 0.25) is 0 Å². The molecule has 0 heterocycles. The smallest absolute Gasteiger partial charge is 0.278 e. The SMILES string of the molecule is O=[N+]([O-])OC(O[N+](=O)[O-])c1ccc([N+](=O)[O-])cc1. The van der Waals surface area contributed by atoms with Crippen LogP contribution in [-0.4, -0.2) is 15.1 Å². The zero-order valence-corrected chi connectivity index (χ0v) is 8.49. The molecule has 0 N–H and O–H groups in total. The third kappa shape index (κ3) is 3.55. The third-order valence-corrected chi connectivity index (χ3v) is 1.74. The molecule has 0 aliphatic carbocycles. The van der Waals surface area contributed by atoms with Crippen molar-refractivity contribution in [3.63, 3.8) is 0 Å². The van der Waals surface area contributed by atoms with Gasteiger partial charge in [-0.2, -0.15) is 0 Å². The van der Waals surface area contributed by atoms with Gasteiger partial charge in [0.25, 0.3) is 22.2 Å². The summed E-state index contributed by atoms with van der Waals surface area (Å²) >= 11 is 0. The van der Waals surface area contributed by atoms with Crippen molar-refractivity contribution in [3.05, 3.63) is 60.2 Å². The van der Waals surface area contributed by atoms with Crippen molar-refractivity contribution in [3.8, 4) is 0 Å². The summed E-state index contributed by atoms with van der Waals surface area (Å²) in [6.45, 7) is 0. The van der Waals surface area contributed by atoms with Crippen molar-refractivity contribution in [2.24, 2.45) is 0 Å². The first-order valence-electron chi connectivity index (χ1n) is 4.27. The van der Waals surface area contributed by atoms with E-state index in [0.29, 0.717) is 0 Å². The van der Waals surface area contributed by atoms with E-state index in [9.17, 15) is 30.3 Å². The van der Waals surface area contributed by atoms with Crippen LogP contribution in [0.2, 0.25) is 0 Å². The van der Waals surface area contributed by atoms with Gasteiger partial charge in [-0.25, -0.2) is 0 Å². The van der Waals surface area contributed by atoms with Crippen LogP contribution < -0.4 is 0 Å². The summed E-state index contributed by atoms with van der Waals surface area (Å²) in [7, 11) is 0. The highest BCUT2D eigenvalue weighted by Gasteiger charge is 2.21. The quantitative estimate of drug-likeness (QED) is 0.417. The van der Waals surface area contributed by atoms with Crippen LogP contribution in [0.15, 0.2) is 24.3 Å². The molecule has 1 aromatic rings. The second-order valence-electron chi connectivity index (χ2n) is 2.84. The minimum Gasteiger partial charge on any atom is -0.278 e. The summed E-state index contributed by atoms with van der Waals surface area (Å²) in [5.74, 6) is 0. The molecule has 0 bridgehead atoms. The average molecular weight is 259 g/mol. The molecule has 1 rings (SSSR count). The molecule has 0 saturated heterocycles. The molecule has 0 radical (unpaired) electrons. The van der Waals surface area contributed by atoms with Crippen molar-refractivity contribution in [1.29, 1.82) is 0 Å². The Morgan fingerprint density at radius 1 is 0.889 bits per heavy atom. The first-order valence-corrected chi connectivity index (χ1v) is 4.27. The minimum atomic E-state index is -1.89. The van der Waals surface area contributed by atoms with E-state index in [1.807, 2.05) is 0 Å². The number of rotatable bonds is 6. The number of nitro benzene ring substituents is 1. The molecule has 0 unspecified atom stereocenters. The lowest BCUT2D eigenvalue weighted by Gasteiger charge is -2.12. The summed E-state index contributed by atoms with van der Waals surface area (Å²) in [6.07, 6.45) is -1.89. The van der Waals surface area contributed by atoms with Gasteiger partial charge < -0.3 is 0 Å².